The highest BCUT2D eigenvalue weighted by molar-refractivity contribution is 7.20. The van der Waals surface area contributed by atoms with Gasteiger partial charge in [-0.3, -0.25) is 14.2 Å². The monoisotopic (exact) mass is 489 g/mol. The Bertz CT molecular complexity index is 1440. The normalized spacial score (nSPS) is 11.9. The molecule has 0 spiro atoms. The van der Waals surface area contributed by atoms with Crippen molar-refractivity contribution in [2.75, 3.05) is 5.32 Å². The summed E-state index contributed by atoms with van der Waals surface area (Å²) in [6.45, 7) is 7.55. The minimum atomic E-state index is -0.744. The van der Waals surface area contributed by atoms with Gasteiger partial charge >= 0.3 is 5.97 Å². The molecule has 0 fully saturated rings. The lowest BCUT2D eigenvalue weighted by atomic mass is 10.1. The Balaban J connectivity index is 1.63. The van der Waals surface area contributed by atoms with Crippen LogP contribution in [0, 0.1) is 20.8 Å². The van der Waals surface area contributed by atoms with Crippen LogP contribution in [0.4, 0.5) is 5.69 Å². The second-order valence-electron chi connectivity index (χ2n) is 8.44. The van der Waals surface area contributed by atoms with Gasteiger partial charge in [0.1, 0.15) is 22.4 Å². The third-order valence-corrected chi connectivity index (χ3v) is 7.21. The van der Waals surface area contributed by atoms with Gasteiger partial charge in [-0.1, -0.05) is 55.5 Å². The van der Waals surface area contributed by atoms with Crippen LogP contribution in [0.2, 0.25) is 0 Å². The molecule has 35 heavy (non-hydrogen) atoms. The number of amides is 1. The van der Waals surface area contributed by atoms with Crippen molar-refractivity contribution in [2.24, 2.45) is 0 Å². The number of nitrogens with one attached hydrogen (secondary N) is 1. The summed E-state index contributed by atoms with van der Waals surface area (Å²) in [5.74, 6) is -0.788. The standard InChI is InChI=1S/C27H27N3O4S/c1-5-20(24(31)29-22-16(2)10-9-11-17(22)3)30-15-28-25-21(26(30)32)18(4)23(35-25)27(33)34-14-19-12-7-6-8-13-19/h6-13,15,20H,5,14H2,1-4H3,(H,29,31). The van der Waals surface area contributed by atoms with Crippen LogP contribution < -0.4 is 10.9 Å². The molecule has 0 radical (unpaired) electrons. The van der Waals surface area contributed by atoms with Crippen LogP contribution in [0.1, 0.15) is 51.3 Å². The summed E-state index contributed by atoms with van der Waals surface area (Å²) in [5, 5.41) is 3.31. The molecule has 2 aromatic heterocycles. The fraction of sp³-hybridized carbons (Fsp3) is 0.259. The molecule has 0 bridgehead atoms. The van der Waals surface area contributed by atoms with Gasteiger partial charge in [0.25, 0.3) is 5.56 Å². The summed E-state index contributed by atoms with van der Waals surface area (Å²) in [7, 11) is 0. The van der Waals surface area contributed by atoms with Crippen molar-refractivity contribution in [1.29, 1.82) is 0 Å². The van der Waals surface area contributed by atoms with E-state index in [1.807, 2.05) is 69.3 Å². The van der Waals surface area contributed by atoms with Crippen LogP contribution in [-0.2, 0) is 16.1 Å². The summed E-state index contributed by atoms with van der Waals surface area (Å²) in [4.78, 5) is 44.6. The molecule has 1 N–H and O–H groups in total. The number of ether oxygens (including phenoxy) is 1. The molecule has 0 saturated carbocycles. The zero-order valence-electron chi connectivity index (χ0n) is 20.1. The highest BCUT2D eigenvalue weighted by Gasteiger charge is 2.25. The number of thiophene rings is 1. The Hall–Kier alpha value is -3.78. The van der Waals surface area contributed by atoms with Crippen LogP contribution in [0.3, 0.4) is 0 Å². The van der Waals surface area contributed by atoms with Crippen LogP contribution in [0.25, 0.3) is 10.2 Å². The number of para-hydroxylation sites is 1. The van der Waals surface area contributed by atoms with E-state index in [1.165, 1.54) is 10.9 Å². The Morgan fingerprint density at radius 2 is 1.74 bits per heavy atom. The minimum absolute atomic E-state index is 0.140. The molecule has 0 aliphatic heterocycles. The maximum absolute atomic E-state index is 13.5. The molecule has 0 saturated heterocycles. The molecule has 2 heterocycles. The van der Waals surface area contributed by atoms with Gasteiger partial charge in [0.05, 0.1) is 11.7 Å². The first-order valence-electron chi connectivity index (χ1n) is 11.4. The van der Waals surface area contributed by atoms with Gasteiger partial charge < -0.3 is 10.1 Å². The lowest BCUT2D eigenvalue weighted by Crippen LogP contribution is -2.33. The average molecular weight is 490 g/mol. The number of fused-ring (bicyclic) bond motifs is 1. The Kier molecular flexibility index (Phi) is 7.12. The first-order valence-corrected chi connectivity index (χ1v) is 12.2. The van der Waals surface area contributed by atoms with E-state index in [9.17, 15) is 14.4 Å². The second kappa shape index (κ2) is 10.2. The van der Waals surface area contributed by atoms with Gasteiger partial charge in [0, 0.05) is 5.69 Å². The van der Waals surface area contributed by atoms with Gasteiger partial charge in [0.2, 0.25) is 5.91 Å². The molecule has 4 rings (SSSR count). The van der Waals surface area contributed by atoms with Gasteiger partial charge in [-0.05, 0) is 49.4 Å². The van der Waals surface area contributed by atoms with Crippen LogP contribution in [-0.4, -0.2) is 21.4 Å². The highest BCUT2D eigenvalue weighted by Crippen LogP contribution is 2.29. The number of carbonyl (C=O) groups excluding carboxylic acids is 2. The number of esters is 1. The number of aromatic nitrogens is 2. The van der Waals surface area contributed by atoms with Crippen LogP contribution in [0.5, 0.6) is 0 Å². The van der Waals surface area contributed by atoms with Crippen molar-refractivity contribution in [3.63, 3.8) is 0 Å². The first-order chi connectivity index (χ1) is 16.8. The number of aryl methyl sites for hydroxylation is 3. The van der Waals surface area contributed by atoms with Gasteiger partial charge in [-0.15, -0.1) is 11.3 Å². The van der Waals surface area contributed by atoms with E-state index in [0.717, 1.165) is 33.7 Å². The Morgan fingerprint density at radius 1 is 1.06 bits per heavy atom. The molecule has 0 aliphatic rings. The summed E-state index contributed by atoms with van der Waals surface area (Å²) in [6.07, 6.45) is 1.79. The van der Waals surface area contributed by atoms with E-state index in [2.05, 4.69) is 10.3 Å². The van der Waals surface area contributed by atoms with Crippen molar-refractivity contribution >= 4 is 39.1 Å². The predicted octanol–water partition coefficient (Wildman–Crippen LogP) is 5.33. The van der Waals surface area contributed by atoms with E-state index in [4.69, 9.17) is 4.74 Å². The molecular weight excluding hydrogens is 462 g/mol. The zero-order chi connectivity index (χ0) is 25.1. The summed E-state index contributed by atoms with van der Waals surface area (Å²) >= 11 is 1.12. The highest BCUT2D eigenvalue weighted by atomic mass is 32.1. The third kappa shape index (κ3) is 4.88. The number of hydrogen-bond donors (Lipinski definition) is 1. The Morgan fingerprint density at radius 3 is 2.40 bits per heavy atom. The second-order valence-corrected chi connectivity index (χ2v) is 9.43. The van der Waals surface area contributed by atoms with Crippen molar-refractivity contribution < 1.29 is 14.3 Å². The van der Waals surface area contributed by atoms with E-state index in [-0.39, 0.29) is 18.1 Å². The fourth-order valence-electron chi connectivity index (χ4n) is 4.07. The number of hydrogen-bond acceptors (Lipinski definition) is 6. The molecule has 1 atom stereocenters. The van der Waals surface area contributed by atoms with Crippen LogP contribution in [0.15, 0.2) is 59.7 Å². The molecule has 1 amide bonds. The van der Waals surface area contributed by atoms with Crippen molar-refractivity contribution in [2.45, 2.75) is 46.8 Å². The van der Waals surface area contributed by atoms with E-state index in [1.54, 1.807) is 6.92 Å². The topological polar surface area (TPSA) is 90.3 Å². The number of carbonyl (C=O) groups is 2. The zero-order valence-corrected chi connectivity index (χ0v) is 20.9. The average Bonchev–Trinajstić information content (AvgIpc) is 3.19. The summed E-state index contributed by atoms with van der Waals surface area (Å²) in [6, 6.07) is 14.4. The first kappa shape index (κ1) is 24.3. The number of nitrogens with zero attached hydrogens (tertiary/aromatic N) is 2. The lowest BCUT2D eigenvalue weighted by molar-refractivity contribution is -0.119. The van der Waals surface area contributed by atoms with Gasteiger partial charge in [-0.2, -0.15) is 0 Å². The van der Waals surface area contributed by atoms with E-state index in [0.29, 0.717) is 27.1 Å². The van der Waals surface area contributed by atoms with E-state index < -0.39 is 12.0 Å². The Labute approximate surface area is 207 Å². The largest absolute Gasteiger partial charge is 0.457 e. The number of anilines is 1. The molecule has 4 aromatic rings. The van der Waals surface area contributed by atoms with Crippen LogP contribution >= 0.6 is 11.3 Å². The molecule has 8 heteroatoms. The summed E-state index contributed by atoms with van der Waals surface area (Å²) in [5.41, 5.74) is 3.67. The predicted molar refractivity (Wildman–Crippen MR) is 138 cm³/mol. The molecule has 2 aromatic carbocycles. The van der Waals surface area contributed by atoms with Gasteiger partial charge in [-0.25, -0.2) is 9.78 Å². The van der Waals surface area contributed by atoms with Gasteiger partial charge in [0.15, 0.2) is 0 Å². The van der Waals surface area contributed by atoms with Crippen molar-refractivity contribution in [1.82, 2.24) is 9.55 Å². The van der Waals surface area contributed by atoms with E-state index >= 15 is 0 Å². The van der Waals surface area contributed by atoms with Crippen molar-refractivity contribution in [3.05, 3.63) is 92.3 Å². The SMILES string of the molecule is CCC(C(=O)Nc1c(C)cccc1C)n1cnc2sc(C(=O)OCc3ccccc3)c(C)c2c1=O. The molecule has 7 nitrogen and oxygen atoms in total. The smallest absolute Gasteiger partial charge is 0.349 e. The number of benzene rings is 2. The van der Waals surface area contributed by atoms with Crippen molar-refractivity contribution in [3.8, 4) is 0 Å². The molecule has 1 unspecified atom stereocenters. The molecule has 180 valence electrons. The minimum Gasteiger partial charge on any atom is -0.457 e. The quantitative estimate of drug-likeness (QED) is 0.354. The number of rotatable bonds is 7. The molecule has 0 aliphatic carbocycles. The summed E-state index contributed by atoms with van der Waals surface area (Å²) < 4.78 is 6.81. The maximum atomic E-state index is 13.5. The lowest BCUT2D eigenvalue weighted by Gasteiger charge is -2.19. The third-order valence-electron chi connectivity index (χ3n) is 6.03. The maximum Gasteiger partial charge on any atom is 0.349 e. The molecular formula is C27H27N3O4S. The fourth-order valence-corrected chi connectivity index (χ4v) is 5.10.